The predicted octanol–water partition coefficient (Wildman–Crippen LogP) is 2.05. The number of carboxylic acid groups (broad SMARTS) is 1. The van der Waals surface area contributed by atoms with Gasteiger partial charge in [-0.2, -0.15) is 0 Å². The van der Waals surface area contributed by atoms with Gasteiger partial charge in [-0.1, -0.05) is 0 Å². The number of carboxylic acids is 1. The summed E-state index contributed by atoms with van der Waals surface area (Å²) in [5, 5.41) is 20.2. The van der Waals surface area contributed by atoms with Crippen LogP contribution in [0.3, 0.4) is 0 Å². The summed E-state index contributed by atoms with van der Waals surface area (Å²) in [5.74, 6) is -0.915. The maximum Gasteiger partial charge on any atom is 0.311 e. The molecule has 0 amide bonds. The van der Waals surface area contributed by atoms with Gasteiger partial charge in [0, 0.05) is 29.9 Å². The summed E-state index contributed by atoms with van der Waals surface area (Å²) in [7, 11) is 1.39. The molecular formula is C14H16N2O5. The van der Waals surface area contributed by atoms with Crippen LogP contribution >= 0.6 is 0 Å². The normalized spacial score (nSPS) is 26.9. The number of nitro benzene ring substituents is 1. The van der Waals surface area contributed by atoms with Gasteiger partial charge < -0.3 is 14.7 Å². The zero-order valence-corrected chi connectivity index (χ0v) is 11.6. The number of nitro groups is 1. The SMILES string of the molecule is COc1cc(N2C3CCC2C(C(=O)O)C3)ccc1[N+](=O)[O-]. The molecule has 0 saturated carbocycles. The van der Waals surface area contributed by atoms with Crippen molar-refractivity contribution >= 4 is 17.3 Å². The minimum atomic E-state index is -0.763. The molecule has 0 aliphatic carbocycles. The fraction of sp³-hybridized carbons (Fsp3) is 0.500. The van der Waals surface area contributed by atoms with Crippen molar-refractivity contribution in [3.8, 4) is 5.75 Å². The molecule has 2 fully saturated rings. The van der Waals surface area contributed by atoms with E-state index < -0.39 is 10.9 Å². The van der Waals surface area contributed by atoms with Gasteiger partial charge in [0.1, 0.15) is 0 Å². The quantitative estimate of drug-likeness (QED) is 0.674. The molecule has 3 unspecified atom stereocenters. The van der Waals surface area contributed by atoms with Crippen molar-refractivity contribution in [1.82, 2.24) is 0 Å². The van der Waals surface area contributed by atoms with Crippen LogP contribution < -0.4 is 9.64 Å². The molecule has 2 heterocycles. The van der Waals surface area contributed by atoms with Gasteiger partial charge in [-0.3, -0.25) is 14.9 Å². The van der Waals surface area contributed by atoms with Crippen LogP contribution in [0.15, 0.2) is 18.2 Å². The summed E-state index contributed by atoms with van der Waals surface area (Å²) in [6, 6.07) is 4.90. The first-order chi connectivity index (χ1) is 10.0. The smallest absolute Gasteiger partial charge is 0.311 e. The first-order valence-corrected chi connectivity index (χ1v) is 6.86. The number of rotatable bonds is 4. The Kier molecular flexibility index (Phi) is 3.19. The third kappa shape index (κ3) is 2.09. The summed E-state index contributed by atoms with van der Waals surface area (Å²) in [4.78, 5) is 23.8. The van der Waals surface area contributed by atoms with Gasteiger partial charge in [-0.15, -0.1) is 0 Å². The van der Waals surface area contributed by atoms with E-state index in [2.05, 4.69) is 4.90 Å². The summed E-state index contributed by atoms with van der Waals surface area (Å²) >= 11 is 0. The molecule has 7 heteroatoms. The Balaban J connectivity index is 1.95. The summed E-state index contributed by atoms with van der Waals surface area (Å²) < 4.78 is 5.09. The minimum absolute atomic E-state index is 0.0290. The highest BCUT2D eigenvalue weighted by atomic mass is 16.6. The number of hydrogen-bond donors (Lipinski definition) is 1. The Morgan fingerprint density at radius 1 is 1.48 bits per heavy atom. The zero-order valence-electron chi connectivity index (χ0n) is 11.6. The molecule has 2 bridgehead atoms. The minimum Gasteiger partial charge on any atom is -0.490 e. The van der Waals surface area contributed by atoms with E-state index >= 15 is 0 Å². The fourth-order valence-electron chi connectivity index (χ4n) is 3.63. The molecule has 2 saturated heterocycles. The molecule has 3 atom stereocenters. The van der Waals surface area contributed by atoms with Crippen molar-refractivity contribution in [2.24, 2.45) is 5.92 Å². The standard InChI is InChI=1S/C14H16N2O5/c1-21-13-7-9(3-5-12(13)16(19)20)15-8-2-4-11(15)10(6-8)14(17)18/h3,5,7-8,10-11H,2,4,6H2,1H3,(H,17,18). The van der Waals surface area contributed by atoms with Gasteiger partial charge in [-0.05, 0) is 25.3 Å². The Morgan fingerprint density at radius 3 is 2.81 bits per heavy atom. The number of anilines is 1. The number of fused-ring (bicyclic) bond motifs is 2. The summed E-state index contributed by atoms with van der Waals surface area (Å²) in [5.41, 5.74) is 0.719. The third-order valence-corrected chi connectivity index (χ3v) is 4.51. The maximum atomic E-state index is 11.3. The number of hydrogen-bond acceptors (Lipinski definition) is 5. The first kappa shape index (κ1) is 13.7. The van der Waals surface area contributed by atoms with E-state index in [0.717, 1.165) is 18.5 Å². The highest BCUT2D eigenvalue weighted by Crippen LogP contribution is 2.46. The lowest BCUT2D eigenvalue weighted by Gasteiger charge is -2.25. The number of methoxy groups -OCH3 is 1. The predicted molar refractivity (Wildman–Crippen MR) is 74.7 cm³/mol. The molecule has 1 N–H and O–H groups in total. The van der Waals surface area contributed by atoms with E-state index in [1.165, 1.54) is 13.2 Å². The molecule has 0 spiro atoms. The number of carbonyl (C=O) groups is 1. The van der Waals surface area contributed by atoms with Gasteiger partial charge >= 0.3 is 11.7 Å². The van der Waals surface area contributed by atoms with Gasteiger partial charge in [0.25, 0.3) is 0 Å². The second kappa shape index (κ2) is 4.91. The average Bonchev–Trinajstić information content (AvgIpc) is 3.04. The van der Waals surface area contributed by atoms with E-state index in [4.69, 9.17) is 4.74 Å². The molecule has 112 valence electrons. The van der Waals surface area contributed by atoms with Gasteiger partial charge in [0.15, 0.2) is 5.75 Å². The lowest BCUT2D eigenvalue weighted by atomic mass is 9.89. The van der Waals surface area contributed by atoms with Crippen LogP contribution in [0.25, 0.3) is 0 Å². The van der Waals surface area contributed by atoms with Crippen LogP contribution in [0.4, 0.5) is 11.4 Å². The van der Waals surface area contributed by atoms with Crippen molar-refractivity contribution < 1.29 is 19.6 Å². The van der Waals surface area contributed by atoms with E-state index in [-0.39, 0.29) is 29.4 Å². The molecule has 0 radical (unpaired) electrons. The van der Waals surface area contributed by atoms with E-state index in [9.17, 15) is 20.0 Å². The van der Waals surface area contributed by atoms with Crippen LogP contribution in [0.1, 0.15) is 19.3 Å². The monoisotopic (exact) mass is 292 g/mol. The number of ether oxygens (including phenoxy) is 1. The largest absolute Gasteiger partial charge is 0.490 e. The number of aliphatic carboxylic acids is 1. The average molecular weight is 292 g/mol. The molecule has 7 nitrogen and oxygen atoms in total. The second-order valence-corrected chi connectivity index (χ2v) is 5.50. The summed E-state index contributed by atoms with van der Waals surface area (Å²) in [6.45, 7) is 0. The van der Waals surface area contributed by atoms with Crippen molar-refractivity contribution in [1.29, 1.82) is 0 Å². The van der Waals surface area contributed by atoms with Crippen molar-refractivity contribution in [3.63, 3.8) is 0 Å². The third-order valence-electron chi connectivity index (χ3n) is 4.51. The molecule has 21 heavy (non-hydrogen) atoms. The second-order valence-electron chi connectivity index (χ2n) is 5.50. The zero-order chi connectivity index (χ0) is 15.1. The van der Waals surface area contributed by atoms with Crippen molar-refractivity contribution in [2.45, 2.75) is 31.3 Å². The van der Waals surface area contributed by atoms with Crippen LogP contribution in [0.5, 0.6) is 5.75 Å². The first-order valence-electron chi connectivity index (χ1n) is 6.86. The van der Waals surface area contributed by atoms with Crippen molar-refractivity contribution in [2.75, 3.05) is 12.0 Å². The van der Waals surface area contributed by atoms with Gasteiger partial charge in [-0.25, -0.2) is 0 Å². The molecular weight excluding hydrogens is 276 g/mol. The molecule has 1 aromatic rings. The number of nitrogens with zero attached hydrogens (tertiary/aromatic N) is 2. The fourth-order valence-corrected chi connectivity index (χ4v) is 3.63. The van der Waals surface area contributed by atoms with Crippen LogP contribution in [-0.4, -0.2) is 35.2 Å². The summed E-state index contributed by atoms with van der Waals surface area (Å²) in [6.07, 6.45) is 2.45. The topological polar surface area (TPSA) is 92.9 Å². The molecule has 0 aromatic heterocycles. The highest BCUT2D eigenvalue weighted by Gasteiger charge is 2.49. The maximum absolute atomic E-state index is 11.3. The van der Waals surface area contributed by atoms with Crippen LogP contribution in [0, 0.1) is 16.0 Å². The Labute approximate surface area is 121 Å². The van der Waals surface area contributed by atoms with Crippen LogP contribution in [-0.2, 0) is 4.79 Å². The molecule has 2 aliphatic heterocycles. The van der Waals surface area contributed by atoms with Gasteiger partial charge in [0.05, 0.1) is 18.0 Å². The molecule has 1 aromatic carbocycles. The lowest BCUT2D eigenvalue weighted by molar-refractivity contribution is -0.385. The van der Waals surface area contributed by atoms with Gasteiger partial charge in [0.2, 0.25) is 0 Å². The van der Waals surface area contributed by atoms with E-state index in [0.29, 0.717) is 6.42 Å². The Hall–Kier alpha value is -2.31. The molecule has 3 rings (SSSR count). The number of benzene rings is 1. The molecule has 2 aliphatic rings. The Bertz CT molecular complexity index is 603. The highest BCUT2D eigenvalue weighted by molar-refractivity contribution is 5.74. The Morgan fingerprint density at radius 2 is 2.24 bits per heavy atom. The van der Waals surface area contributed by atoms with Crippen molar-refractivity contribution in [3.05, 3.63) is 28.3 Å². The van der Waals surface area contributed by atoms with E-state index in [1.54, 1.807) is 12.1 Å². The van der Waals surface area contributed by atoms with E-state index in [1.807, 2.05) is 0 Å². The lowest BCUT2D eigenvalue weighted by Crippen LogP contribution is -2.32. The van der Waals surface area contributed by atoms with Crippen LogP contribution in [0.2, 0.25) is 0 Å².